The molecule has 1 aliphatic heterocycles. The first-order valence-corrected chi connectivity index (χ1v) is 12.3. The average molecular weight is 496 g/mol. The van der Waals surface area contributed by atoms with E-state index in [4.69, 9.17) is 9.72 Å². The first-order chi connectivity index (χ1) is 18.0. The fourth-order valence-electron chi connectivity index (χ4n) is 5.01. The van der Waals surface area contributed by atoms with Crippen LogP contribution in [0.1, 0.15) is 25.3 Å². The van der Waals surface area contributed by atoms with E-state index in [9.17, 15) is 19.6 Å². The molecular formula is C30H26FN3O3. The molecule has 4 aromatic rings. The molecule has 0 amide bonds. The standard InChI is InChI=1S/C30H26FN3O3/c1-2-37-27-6-4-3-5-23(27)19-7-9-20(10-8-19)28-25(18-32)29(24-17-22(31)11-12-26(24)33-28)34-15-13-21(14-16-34)30(35)36/h3-12,17,21H,2,13-16H2,1H3,(H,35,36). The van der Waals surface area contributed by atoms with E-state index in [1.54, 1.807) is 6.07 Å². The monoisotopic (exact) mass is 495 g/mol. The summed E-state index contributed by atoms with van der Waals surface area (Å²) in [6.45, 7) is 3.44. The fraction of sp³-hybridized carbons (Fsp3) is 0.233. The van der Waals surface area contributed by atoms with Crippen LogP contribution in [0.2, 0.25) is 0 Å². The number of pyridine rings is 1. The molecular weight excluding hydrogens is 469 g/mol. The van der Waals surface area contributed by atoms with Gasteiger partial charge in [0.2, 0.25) is 0 Å². The number of nitriles is 1. The van der Waals surface area contributed by atoms with E-state index in [0.29, 0.717) is 60.4 Å². The van der Waals surface area contributed by atoms with Gasteiger partial charge in [-0.3, -0.25) is 4.79 Å². The summed E-state index contributed by atoms with van der Waals surface area (Å²) in [6.07, 6.45) is 0.922. The van der Waals surface area contributed by atoms with Gasteiger partial charge in [0.15, 0.2) is 0 Å². The Morgan fingerprint density at radius 3 is 2.49 bits per heavy atom. The summed E-state index contributed by atoms with van der Waals surface area (Å²) in [4.78, 5) is 18.2. The van der Waals surface area contributed by atoms with Crippen molar-refractivity contribution < 1.29 is 19.0 Å². The topological polar surface area (TPSA) is 86.4 Å². The highest BCUT2D eigenvalue weighted by atomic mass is 19.1. The summed E-state index contributed by atoms with van der Waals surface area (Å²) in [7, 11) is 0. The maximum atomic E-state index is 14.3. The number of carboxylic acid groups (broad SMARTS) is 1. The lowest BCUT2D eigenvalue weighted by Crippen LogP contribution is -2.37. The number of nitrogens with zero attached hydrogens (tertiary/aromatic N) is 3. The molecule has 2 heterocycles. The second-order valence-electron chi connectivity index (χ2n) is 9.06. The molecule has 0 unspecified atom stereocenters. The van der Waals surface area contributed by atoms with Crippen molar-refractivity contribution in [2.75, 3.05) is 24.6 Å². The number of anilines is 1. The Hall–Kier alpha value is -4.44. The molecule has 1 N–H and O–H groups in total. The number of halogens is 1. The van der Waals surface area contributed by atoms with Crippen molar-refractivity contribution in [1.82, 2.24) is 4.98 Å². The van der Waals surface area contributed by atoms with Gasteiger partial charge in [-0.25, -0.2) is 9.37 Å². The molecule has 1 aromatic heterocycles. The zero-order chi connectivity index (χ0) is 25.9. The second-order valence-corrected chi connectivity index (χ2v) is 9.06. The molecule has 5 rings (SSSR count). The number of carbonyl (C=O) groups is 1. The Bertz CT molecular complexity index is 1500. The molecule has 0 bridgehead atoms. The van der Waals surface area contributed by atoms with Crippen LogP contribution in [-0.4, -0.2) is 35.8 Å². The largest absolute Gasteiger partial charge is 0.493 e. The average Bonchev–Trinajstić information content (AvgIpc) is 2.92. The number of aromatic nitrogens is 1. The van der Waals surface area contributed by atoms with Crippen LogP contribution in [0.3, 0.4) is 0 Å². The Balaban J connectivity index is 1.61. The van der Waals surface area contributed by atoms with Crippen molar-refractivity contribution in [3.05, 3.63) is 78.1 Å². The molecule has 186 valence electrons. The van der Waals surface area contributed by atoms with Crippen molar-refractivity contribution in [2.45, 2.75) is 19.8 Å². The Labute approximate surface area is 214 Å². The normalized spacial score (nSPS) is 13.9. The maximum absolute atomic E-state index is 14.3. The Morgan fingerprint density at radius 1 is 1.11 bits per heavy atom. The lowest BCUT2D eigenvalue weighted by molar-refractivity contribution is -0.142. The number of benzene rings is 3. The minimum Gasteiger partial charge on any atom is -0.493 e. The number of fused-ring (bicyclic) bond motifs is 1. The third kappa shape index (κ3) is 4.70. The molecule has 1 aliphatic rings. The Kier molecular flexibility index (Phi) is 6.74. The quantitative estimate of drug-likeness (QED) is 0.339. The van der Waals surface area contributed by atoms with E-state index in [1.165, 1.54) is 12.1 Å². The molecule has 37 heavy (non-hydrogen) atoms. The van der Waals surface area contributed by atoms with Crippen LogP contribution in [0.5, 0.6) is 5.75 Å². The van der Waals surface area contributed by atoms with Gasteiger partial charge in [0.25, 0.3) is 0 Å². The molecule has 1 fully saturated rings. The van der Waals surface area contributed by atoms with Gasteiger partial charge in [0.1, 0.15) is 23.2 Å². The maximum Gasteiger partial charge on any atom is 0.306 e. The second kappa shape index (κ2) is 10.3. The molecule has 1 saturated heterocycles. The predicted molar refractivity (Wildman–Crippen MR) is 141 cm³/mol. The van der Waals surface area contributed by atoms with E-state index in [-0.39, 0.29) is 0 Å². The Morgan fingerprint density at radius 2 is 1.81 bits per heavy atom. The molecule has 3 aromatic carbocycles. The number of rotatable bonds is 6. The number of hydrogen-bond acceptors (Lipinski definition) is 5. The van der Waals surface area contributed by atoms with Crippen LogP contribution in [0, 0.1) is 23.1 Å². The fourth-order valence-corrected chi connectivity index (χ4v) is 5.01. The zero-order valence-corrected chi connectivity index (χ0v) is 20.4. The van der Waals surface area contributed by atoms with Gasteiger partial charge in [-0.2, -0.15) is 5.26 Å². The third-order valence-corrected chi connectivity index (χ3v) is 6.85. The number of piperidine rings is 1. The van der Waals surface area contributed by atoms with Gasteiger partial charge in [-0.15, -0.1) is 0 Å². The van der Waals surface area contributed by atoms with Gasteiger partial charge in [-0.1, -0.05) is 42.5 Å². The van der Waals surface area contributed by atoms with Crippen molar-refractivity contribution >= 4 is 22.6 Å². The van der Waals surface area contributed by atoms with E-state index in [2.05, 4.69) is 6.07 Å². The summed E-state index contributed by atoms with van der Waals surface area (Å²) in [5.74, 6) is -0.839. The predicted octanol–water partition coefficient (Wildman–Crippen LogP) is 6.28. The number of ether oxygens (including phenoxy) is 1. The first-order valence-electron chi connectivity index (χ1n) is 12.3. The SMILES string of the molecule is CCOc1ccccc1-c1ccc(-c2nc3ccc(F)cc3c(N3CCC(C(=O)O)CC3)c2C#N)cc1. The van der Waals surface area contributed by atoms with Crippen LogP contribution in [-0.2, 0) is 4.79 Å². The van der Waals surface area contributed by atoms with Crippen molar-refractivity contribution in [2.24, 2.45) is 5.92 Å². The smallest absolute Gasteiger partial charge is 0.306 e. The van der Waals surface area contributed by atoms with E-state index in [0.717, 1.165) is 22.4 Å². The van der Waals surface area contributed by atoms with E-state index >= 15 is 0 Å². The summed E-state index contributed by atoms with van der Waals surface area (Å²) in [5, 5.41) is 20.2. The highest BCUT2D eigenvalue weighted by Gasteiger charge is 2.28. The summed E-state index contributed by atoms with van der Waals surface area (Å²) >= 11 is 0. The molecule has 7 heteroatoms. The van der Waals surface area contributed by atoms with Gasteiger partial charge < -0.3 is 14.7 Å². The number of aliphatic carboxylic acids is 1. The zero-order valence-electron chi connectivity index (χ0n) is 20.4. The van der Waals surface area contributed by atoms with Crippen LogP contribution in [0.25, 0.3) is 33.3 Å². The summed E-state index contributed by atoms with van der Waals surface area (Å²) in [6, 6.07) is 22.3. The van der Waals surface area contributed by atoms with Crippen molar-refractivity contribution in [3.8, 4) is 34.2 Å². The number of carboxylic acids is 1. The molecule has 0 spiro atoms. The molecule has 0 saturated carbocycles. The molecule has 6 nitrogen and oxygen atoms in total. The molecule has 0 atom stereocenters. The minimum absolute atomic E-state index is 0.356. The van der Waals surface area contributed by atoms with Gasteiger partial charge in [0, 0.05) is 29.6 Å². The van der Waals surface area contributed by atoms with Crippen molar-refractivity contribution in [3.63, 3.8) is 0 Å². The van der Waals surface area contributed by atoms with Gasteiger partial charge >= 0.3 is 5.97 Å². The number of para-hydroxylation sites is 1. The van der Waals surface area contributed by atoms with E-state index < -0.39 is 17.7 Å². The van der Waals surface area contributed by atoms with Crippen LogP contribution in [0.15, 0.2) is 66.7 Å². The van der Waals surface area contributed by atoms with Crippen LogP contribution in [0.4, 0.5) is 10.1 Å². The summed E-state index contributed by atoms with van der Waals surface area (Å²) < 4.78 is 20.1. The lowest BCUT2D eigenvalue weighted by atomic mass is 9.94. The minimum atomic E-state index is -0.808. The van der Waals surface area contributed by atoms with Gasteiger partial charge in [0.05, 0.1) is 29.4 Å². The van der Waals surface area contributed by atoms with Crippen molar-refractivity contribution in [1.29, 1.82) is 5.26 Å². The van der Waals surface area contributed by atoms with Crippen LogP contribution < -0.4 is 9.64 Å². The highest BCUT2D eigenvalue weighted by molar-refractivity contribution is 5.98. The summed E-state index contributed by atoms with van der Waals surface area (Å²) in [5.41, 5.74) is 4.77. The van der Waals surface area contributed by atoms with Crippen LogP contribution >= 0.6 is 0 Å². The highest BCUT2D eigenvalue weighted by Crippen LogP contribution is 2.39. The first kappa shape index (κ1) is 24.3. The van der Waals surface area contributed by atoms with E-state index in [1.807, 2.05) is 60.4 Å². The molecule has 0 radical (unpaired) electrons. The lowest BCUT2D eigenvalue weighted by Gasteiger charge is -2.33. The third-order valence-electron chi connectivity index (χ3n) is 6.85. The molecule has 0 aliphatic carbocycles. The van der Waals surface area contributed by atoms with Gasteiger partial charge in [-0.05, 0) is 49.6 Å². The number of hydrogen-bond donors (Lipinski definition) is 1.